The molecule has 8 atom stereocenters. The number of carbonyl (C=O) groups is 2. The van der Waals surface area contributed by atoms with Gasteiger partial charge in [-0.2, -0.15) is 0 Å². The number of hydrogen-bond acceptors (Lipinski definition) is 6. The molecule has 0 saturated carbocycles. The van der Waals surface area contributed by atoms with Crippen LogP contribution < -0.4 is 0 Å². The van der Waals surface area contributed by atoms with Crippen molar-refractivity contribution in [2.24, 2.45) is 23.7 Å². The maximum atomic E-state index is 12.5. The standard InChI is InChI=1S/C24H38O6/c1-5-14(2)24(29)30-22-13-20(28)11-17-7-6-15(3)21(23(17)22)9-8-18(26)12-19(27)10-16(4)25/h6-7,11,14-15,18-23,26-28H,5,8-10,12-13H2,1-4H3/t14-,15-,18?,19+,20+,21-,22-,23-/m0/s1. The fraction of sp³-hybridized carbons (Fsp3) is 0.750. The molecule has 0 aromatic carbocycles. The van der Waals surface area contributed by atoms with E-state index in [9.17, 15) is 24.9 Å². The minimum atomic E-state index is -0.828. The van der Waals surface area contributed by atoms with Gasteiger partial charge in [0.15, 0.2) is 0 Å². The Bertz CT molecular complexity index is 654. The number of aliphatic hydroxyl groups excluding tert-OH is 3. The van der Waals surface area contributed by atoms with Gasteiger partial charge in [0.2, 0.25) is 0 Å². The van der Waals surface area contributed by atoms with Gasteiger partial charge in [-0.05, 0) is 50.0 Å². The van der Waals surface area contributed by atoms with E-state index < -0.39 is 18.3 Å². The van der Waals surface area contributed by atoms with Crippen LogP contribution in [0.5, 0.6) is 0 Å². The van der Waals surface area contributed by atoms with Gasteiger partial charge in [-0.3, -0.25) is 9.59 Å². The second-order valence-electron chi connectivity index (χ2n) is 9.19. The second-order valence-corrected chi connectivity index (χ2v) is 9.19. The molecule has 0 fully saturated rings. The summed E-state index contributed by atoms with van der Waals surface area (Å²) in [7, 11) is 0. The number of rotatable bonds is 10. The summed E-state index contributed by atoms with van der Waals surface area (Å²) in [5.74, 6) is -0.136. The van der Waals surface area contributed by atoms with E-state index >= 15 is 0 Å². The molecule has 0 spiro atoms. The quantitative estimate of drug-likeness (QED) is 0.468. The normalized spacial score (nSPS) is 31.3. The van der Waals surface area contributed by atoms with E-state index in [2.05, 4.69) is 13.0 Å². The molecular weight excluding hydrogens is 384 g/mol. The summed E-state index contributed by atoms with van der Waals surface area (Å²) >= 11 is 0. The molecule has 2 rings (SSSR count). The van der Waals surface area contributed by atoms with Crippen LogP contribution in [0.3, 0.4) is 0 Å². The van der Waals surface area contributed by atoms with Crippen LogP contribution in [0.15, 0.2) is 23.8 Å². The molecular formula is C24H38O6. The van der Waals surface area contributed by atoms with Crippen molar-refractivity contribution in [1.29, 1.82) is 0 Å². The number of aliphatic hydroxyl groups is 3. The van der Waals surface area contributed by atoms with Gasteiger partial charge in [0.05, 0.1) is 24.2 Å². The van der Waals surface area contributed by atoms with E-state index in [1.165, 1.54) is 6.92 Å². The fourth-order valence-electron chi connectivity index (χ4n) is 4.65. The number of Topliss-reactive ketones (excluding diaryl/α,β-unsaturated/α-hetero) is 1. The molecule has 2 aliphatic rings. The molecule has 0 heterocycles. The third kappa shape index (κ3) is 6.76. The van der Waals surface area contributed by atoms with Crippen LogP contribution in [0.25, 0.3) is 0 Å². The first-order chi connectivity index (χ1) is 14.1. The van der Waals surface area contributed by atoms with Gasteiger partial charge in [0.25, 0.3) is 0 Å². The average molecular weight is 423 g/mol. The highest BCUT2D eigenvalue weighted by molar-refractivity contribution is 5.75. The molecule has 6 heteroatoms. The highest BCUT2D eigenvalue weighted by atomic mass is 16.5. The van der Waals surface area contributed by atoms with Crippen molar-refractivity contribution in [3.63, 3.8) is 0 Å². The highest BCUT2D eigenvalue weighted by Crippen LogP contribution is 2.44. The maximum absolute atomic E-state index is 12.5. The first kappa shape index (κ1) is 24.8. The van der Waals surface area contributed by atoms with Gasteiger partial charge in [0.1, 0.15) is 11.9 Å². The molecule has 1 unspecified atom stereocenters. The lowest BCUT2D eigenvalue weighted by Crippen LogP contribution is -2.43. The van der Waals surface area contributed by atoms with Gasteiger partial charge < -0.3 is 20.1 Å². The molecule has 0 aromatic rings. The highest BCUT2D eigenvalue weighted by Gasteiger charge is 2.42. The number of carbonyl (C=O) groups excluding carboxylic acids is 2. The summed E-state index contributed by atoms with van der Waals surface area (Å²) in [6, 6.07) is 0. The summed E-state index contributed by atoms with van der Waals surface area (Å²) in [4.78, 5) is 23.6. The average Bonchev–Trinajstić information content (AvgIpc) is 2.65. The van der Waals surface area contributed by atoms with Gasteiger partial charge in [-0.1, -0.05) is 39.0 Å². The summed E-state index contributed by atoms with van der Waals surface area (Å²) in [6.45, 7) is 7.34. The first-order valence-corrected chi connectivity index (χ1v) is 11.3. The number of hydrogen-bond donors (Lipinski definition) is 3. The Labute approximate surface area is 180 Å². The molecule has 0 radical (unpaired) electrons. The van der Waals surface area contributed by atoms with E-state index in [-0.39, 0.29) is 54.4 Å². The van der Waals surface area contributed by atoms with Gasteiger partial charge in [-0.25, -0.2) is 0 Å². The third-order valence-corrected chi connectivity index (χ3v) is 6.56. The fourth-order valence-corrected chi connectivity index (χ4v) is 4.65. The molecule has 6 nitrogen and oxygen atoms in total. The van der Waals surface area contributed by atoms with Crippen LogP contribution >= 0.6 is 0 Å². The lowest BCUT2D eigenvalue weighted by atomic mass is 9.66. The second kappa shape index (κ2) is 11.2. The minimum Gasteiger partial charge on any atom is -0.461 e. The van der Waals surface area contributed by atoms with Crippen molar-refractivity contribution < 1.29 is 29.6 Å². The zero-order valence-corrected chi connectivity index (χ0v) is 18.7. The molecule has 0 saturated heterocycles. The summed E-state index contributed by atoms with van der Waals surface area (Å²) in [5.41, 5.74) is 0.991. The molecule has 3 N–H and O–H groups in total. The molecule has 0 aliphatic heterocycles. The number of esters is 1. The predicted molar refractivity (Wildman–Crippen MR) is 114 cm³/mol. The number of fused-ring (bicyclic) bond motifs is 1. The zero-order chi connectivity index (χ0) is 22.4. The lowest BCUT2D eigenvalue weighted by Gasteiger charge is -2.43. The first-order valence-electron chi connectivity index (χ1n) is 11.3. The molecule has 0 aromatic heterocycles. The molecule has 2 aliphatic carbocycles. The summed E-state index contributed by atoms with van der Waals surface area (Å²) in [5, 5.41) is 30.6. The van der Waals surface area contributed by atoms with Crippen LogP contribution in [0, 0.1) is 23.7 Å². The molecule has 30 heavy (non-hydrogen) atoms. The van der Waals surface area contributed by atoms with E-state index in [0.717, 1.165) is 5.57 Å². The van der Waals surface area contributed by atoms with Crippen LogP contribution in [0.1, 0.15) is 66.2 Å². The van der Waals surface area contributed by atoms with Crippen molar-refractivity contribution in [1.82, 2.24) is 0 Å². The smallest absolute Gasteiger partial charge is 0.308 e. The summed E-state index contributed by atoms with van der Waals surface area (Å²) < 4.78 is 5.86. The molecule has 0 amide bonds. The topological polar surface area (TPSA) is 104 Å². The van der Waals surface area contributed by atoms with Crippen LogP contribution in [-0.4, -0.2) is 51.5 Å². The Morgan fingerprint density at radius 1 is 1.27 bits per heavy atom. The Balaban J connectivity index is 2.09. The largest absolute Gasteiger partial charge is 0.461 e. The Hall–Kier alpha value is -1.50. The van der Waals surface area contributed by atoms with E-state index in [1.54, 1.807) is 0 Å². The predicted octanol–water partition coefficient (Wildman–Crippen LogP) is 2.94. The van der Waals surface area contributed by atoms with E-state index in [1.807, 2.05) is 26.0 Å². The molecule has 0 bridgehead atoms. The number of ether oxygens (including phenoxy) is 1. The monoisotopic (exact) mass is 422 g/mol. The van der Waals surface area contributed by atoms with Crippen molar-refractivity contribution in [2.75, 3.05) is 0 Å². The Morgan fingerprint density at radius 2 is 1.97 bits per heavy atom. The SMILES string of the molecule is CC[C@H](C)C(=O)O[C@H]1C[C@H](O)C=C2C=C[C@H](C)[C@H](CCC(O)C[C@H](O)CC(C)=O)[C@H]21. The Morgan fingerprint density at radius 3 is 2.60 bits per heavy atom. The van der Waals surface area contributed by atoms with Crippen LogP contribution in [-0.2, 0) is 14.3 Å². The molecule has 170 valence electrons. The number of allylic oxidation sites excluding steroid dienone is 2. The van der Waals surface area contributed by atoms with E-state index in [4.69, 9.17) is 4.74 Å². The summed E-state index contributed by atoms with van der Waals surface area (Å²) in [6.07, 6.45) is 5.94. The maximum Gasteiger partial charge on any atom is 0.308 e. The van der Waals surface area contributed by atoms with Gasteiger partial charge >= 0.3 is 5.97 Å². The van der Waals surface area contributed by atoms with Crippen LogP contribution in [0.4, 0.5) is 0 Å². The third-order valence-electron chi connectivity index (χ3n) is 6.56. The van der Waals surface area contributed by atoms with Crippen molar-refractivity contribution >= 4 is 11.8 Å². The van der Waals surface area contributed by atoms with Crippen LogP contribution in [0.2, 0.25) is 0 Å². The Kier molecular flexibility index (Phi) is 9.26. The van der Waals surface area contributed by atoms with Gasteiger partial charge in [-0.15, -0.1) is 0 Å². The minimum absolute atomic E-state index is 0.0178. The number of ketones is 1. The zero-order valence-electron chi connectivity index (χ0n) is 18.7. The van der Waals surface area contributed by atoms with Crippen molar-refractivity contribution in [3.8, 4) is 0 Å². The van der Waals surface area contributed by atoms with Gasteiger partial charge in [0, 0.05) is 18.8 Å². The van der Waals surface area contributed by atoms with Crippen molar-refractivity contribution in [2.45, 2.75) is 90.6 Å². The lowest BCUT2D eigenvalue weighted by molar-refractivity contribution is -0.159. The van der Waals surface area contributed by atoms with Crippen molar-refractivity contribution in [3.05, 3.63) is 23.8 Å². The van der Waals surface area contributed by atoms with E-state index in [0.29, 0.717) is 25.7 Å².